The number of non-ortho nitro benzene ring substituents is 1. The van der Waals surface area contributed by atoms with Gasteiger partial charge in [-0.2, -0.15) is 0 Å². The number of likely N-dealkylation sites (tertiary alicyclic amines) is 1. The summed E-state index contributed by atoms with van der Waals surface area (Å²) in [4.78, 5) is 25.5. The molecule has 0 bridgehead atoms. The van der Waals surface area contributed by atoms with Crippen LogP contribution in [-0.2, 0) is 0 Å². The van der Waals surface area contributed by atoms with E-state index in [0.29, 0.717) is 30.6 Å². The highest BCUT2D eigenvalue weighted by molar-refractivity contribution is 5.97. The molecule has 0 aromatic heterocycles. The van der Waals surface area contributed by atoms with E-state index >= 15 is 0 Å². The highest BCUT2D eigenvalue weighted by Crippen LogP contribution is 2.31. The third-order valence-electron chi connectivity index (χ3n) is 4.88. The Morgan fingerprint density at radius 2 is 1.76 bits per heavy atom. The molecule has 0 aliphatic carbocycles. The summed E-state index contributed by atoms with van der Waals surface area (Å²) in [7, 11) is 3.48. The lowest BCUT2D eigenvalue weighted by Gasteiger charge is -2.32. The van der Waals surface area contributed by atoms with Gasteiger partial charge in [-0.25, -0.2) is 0 Å². The SMILES string of the molecule is CNC1CCN(C(=O)c2cc([N+](=O)[O-])ccc2Oc2ccc(OC)cc2)CC1.Cl. The quantitative estimate of drug-likeness (QED) is 0.565. The highest BCUT2D eigenvalue weighted by atomic mass is 35.5. The van der Waals surface area contributed by atoms with Crippen molar-refractivity contribution < 1.29 is 19.2 Å². The van der Waals surface area contributed by atoms with E-state index in [-0.39, 0.29) is 35.3 Å². The fraction of sp³-hybridized carbons (Fsp3) is 0.350. The summed E-state index contributed by atoms with van der Waals surface area (Å²) >= 11 is 0. The highest BCUT2D eigenvalue weighted by Gasteiger charge is 2.26. The molecule has 1 aliphatic heterocycles. The summed E-state index contributed by atoms with van der Waals surface area (Å²) in [6, 6.07) is 11.4. The maximum absolute atomic E-state index is 13.1. The van der Waals surface area contributed by atoms with Crippen molar-refractivity contribution in [2.45, 2.75) is 18.9 Å². The Bertz CT molecular complexity index is 852. The fourth-order valence-corrected chi connectivity index (χ4v) is 3.20. The third kappa shape index (κ3) is 5.36. The minimum Gasteiger partial charge on any atom is -0.497 e. The average Bonchev–Trinajstić information content (AvgIpc) is 2.74. The fourth-order valence-electron chi connectivity index (χ4n) is 3.20. The molecule has 1 fully saturated rings. The van der Waals surface area contributed by atoms with E-state index in [1.807, 2.05) is 7.05 Å². The van der Waals surface area contributed by atoms with E-state index in [1.54, 1.807) is 36.3 Å². The lowest BCUT2D eigenvalue weighted by molar-refractivity contribution is -0.384. The van der Waals surface area contributed by atoms with E-state index in [2.05, 4.69) is 5.32 Å². The van der Waals surface area contributed by atoms with E-state index in [9.17, 15) is 14.9 Å². The van der Waals surface area contributed by atoms with Gasteiger partial charge in [0.05, 0.1) is 17.6 Å². The van der Waals surface area contributed by atoms with E-state index < -0.39 is 4.92 Å². The van der Waals surface area contributed by atoms with Crippen molar-refractivity contribution in [1.29, 1.82) is 0 Å². The molecule has 0 atom stereocenters. The van der Waals surface area contributed by atoms with Gasteiger partial charge in [-0.15, -0.1) is 12.4 Å². The van der Waals surface area contributed by atoms with Crippen molar-refractivity contribution in [3.05, 3.63) is 58.1 Å². The molecule has 1 heterocycles. The van der Waals surface area contributed by atoms with Gasteiger partial charge in [0.2, 0.25) is 0 Å². The molecule has 3 rings (SSSR count). The summed E-state index contributed by atoms with van der Waals surface area (Å²) in [6.07, 6.45) is 1.68. The maximum atomic E-state index is 13.1. The molecule has 2 aromatic carbocycles. The Morgan fingerprint density at radius 3 is 2.31 bits per heavy atom. The molecular formula is C20H24ClN3O5. The molecule has 1 amide bonds. The first-order valence-electron chi connectivity index (χ1n) is 9.08. The smallest absolute Gasteiger partial charge is 0.270 e. The number of benzene rings is 2. The molecule has 9 heteroatoms. The first kappa shape index (κ1) is 22.4. The number of halogens is 1. The van der Waals surface area contributed by atoms with Gasteiger partial charge in [0, 0.05) is 31.3 Å². The normalized spacial score (nSPS) is 14.1. The predicted octanol–water partition coefficient (Wildman–Crippen LogP) is 3.64. The van der Waals surface area contributed by atoms with Gasteiger partial charge in [-0.05, 0) is 50.2 Å². The summed E-state index contributed by atoms with van der Waals surface area (Å²) in [5, 5.41) is 14.4. The molecule has 0 spiro atoms. The van der Waals surface area contributed by atoms with Crippen LogP contribution in [0.5, 0.6) is 17.2 Å². The number of ether oxygens (including phenoxy) is 2. The zero-order chi connectivity index (χ0) is 20.1. The van der Waals surface area contributed by atoms with E-state index in [1.165, 1.54) is 18.2 Å². The summed E-state index contributed by atoms with van der Waals surface area (Å²) in [6.45, 7) is 1.18. The second-order valence-corrected chi connectivity index (χ2v) is 6.57. The lowest BCUT2D eigenvalue weighted by Crippen LogP contribution is -2.44. The van der Waals surface area contributed by atoms with Crippen LogP contribution >= 0.6 is 12.4 Å². The van der Waals surface area contributed by atoms with Gasteiger partial charge in [0.15, 0.2) is 0 Å². The number of nitro benzene ring substituents is 1. The number of hydrogen-bond donors (Lipinski definition) is 1. The second kappa shape index (κ2) is 10.1. The molecule has 1 N–H and O–H groups in total. The molecule has 1 saturated heterocycles. The van der Waals surface area contributed by atoms with Crippen molar-refractivity contribution in [3.8, 4) is 17.2 Å². The largest absolute Gasteiger partial charge is 0.497 e. The van der Waals surface area contributed by atoms with Gasteiger partial charge >= 0.3 is 0 Å². The summed E-state index contributed by atoms with van der Waals surface area (Å²) in [5.41, 5.74) is 0.0449. The molecule has 1 aliphatic rings. The Balaban J connectivity index is 0.00000300. The number of amides is 1. The molecule has 0 unspecified atom stereocenters. The van der Waals surface area contributed by atoms with Crippen molar-refractivity contribution >= 4 is 24.0 Å². The van der Waals surface area contributed by atoms with Crippen LogP contribution in [-0.4, -0.2) is 49.0 Å². The molecular weight excluding hydrogens is 398 g/mol. The predicted molar refractivity (Wildman–Crippen MR) is 111 cm³/mol. The minimum absolute atomic E-state index is 0. The molecule has 0 saturated carbocycles. The summed E-state index contributed by atoms with van der Waals surface area (Å²) in [5.74, 6) is 1.22. The Hall–Kier alpha value is -2.84. The third-order valence-corrected chi connectivity index (χ3v) is 4.88. The number of nitrogens with one attached hydrogen (secondary N) is 1. The van der Waals surface area contributed by atoms with Gasteiger partial charge in [-0.3, -0.25) is 14.9 Å². The number of nitrogens with zero attached hydrogens (tertiary/aromatic N) is 2. The minimum atomic E-state index is -0.513. The van der Waals surface area contributed by atoms with Crippen LogP contribution < -0.4 is 14.8 Å². The van der Waals surface area contributed by atoms with Gasteiger partial charge in [0.25, 0.3) is 11.6 Å². The maximum Gasteiger partial charge on any atom is 0.270 e. The number of rotatable bonds is 6. The standard InChI is InChI=1S/C20H23N3O5.ClH/c1-21-14-9-11-22(12-10-14)20(24)18-13-15(23(25)26)3-8-19(18)28-17-6-4-16(27-2)5-7-17;/h3-8,13-14,21H,9-12H2,1-2H3;1H. The monoisotopic (exact) mass is 421 g/mol. The molecule has 29 heavy (non-hydrogen) atoms. The first-order chi connectivity index (χ1) is 13.5. The zero-order valence-electron chi connectivity index (χ0n) is 16.3. The number of nitro groups is 1. The van der Waals surface area contributed by atoms with Crippen LogP contribution in [0.4, 0.5) is 5.69 Å². The van der Waals surface area contributed by atoms with Crippen molar-refractivity contribution in [1.82, 2.24) is 10.2 Å². The summed E-state index contributed by atoms with van der Waals surface area (Å²) < 4.78 is 11.0. The number of carbonyl (C=O) groups is 1. The van der Waals surface area contributed by atoms with Crippen molar-refractivity contribution in [2.24, 2.45) is 0 Å². The van der Waals surface area contributed by atoms with Crippen LogP contribution in [0.2, 0.25) is 0 Å². The Labute approximate surface area is 175 Å². The molecule has 156 valence electrons. The molecule has 0 radical (unpaired) electrons. The second-order valence-electron chi connectivity index (χ2n) is 6.57. The van der Waals surface area contributed by atoms with E-state index in [4.69, 9.17) is 9.47 Å². The number of piperidine rings is 1. The Kier molecular flexibility index (Phi) is 7.81. The van der Waals surface area contributed by atoms with Gasteiger partial charge in [-0.1, -0.05) is 0 Å². The first-order valence-corrected chi connectivity index (χ1v) is 9.08. The zero-order valence-corrected chi connectivity index (χ0v) is 17.1. The van der Waals surface area contributed by atoms with E-state index in [0.717, 1.165) is 12.8 Å². The van der Waals surface area contributed by atoms with Gasteiger partial charge in [0.1, 0.15) is 17.2 Å². The number of methoxy groups -OCH3 is 1. The van der Waals surface area contributed by atoms with Crippen molar-refractivity contribution in [3.63, 3.8) is 0 Å². The average molecular weight is 422 g/mol. The lowest BCUT2D eigenvalue weighted by atomic mass is 10.0. The van der Waals surface area contributed by atoms with Crippen LogP contribution in [0.1, 0.15) is 23.2 Å². The van der Waals surface area contributed by atoms with Gasteiger partial charge < -0.3 is 19.7 Å². The van der Waals surface area contributed by atoms with Crippen LogP contribution in [0.15, 0.2) is 42.5 Å². The molecule has 8 nitrogen and oxygen atoms in total. The van der Waals surface area contributed by atoms with Crippen molar-refractivity contribution in [2.75, 3.05) is 27.2 Å². The number of hydrogen-bond acceptors (Lipinski definition) is 6. The topological polar surface area (TPSA) is 93.9 Å². The van der Waals surface area contributed by atoms with Crippen LogP contribution in [0.3, 0.4) is 0 Å². The molecule has 2 aromatic rings. The van der Waals surface area contributed by atoms with Crippen LogP contribution in [0, 0.1) is 10.1 Å². The van der Waals surface area contributed by atoms with Crippen LogP contribution in [0.25, 0.3) is 0 Å². The Morgan fingerprint density at radius 1 is 1.14 bits per heavy atom. The number of carbonyl (C=O) groups excluding carboxylic acids is 1.